The van der Waals surface area contributed by atoms with E-state index in [0.29, 0.717) is 6.54 Å². The minimum Gasteiger partial charge on any atom is -0.468 e. The van der Waals surface area contributed by atoms with Crippen LogP contribution >= 0.6 is 0 Å². The first-order valence-corrected chi connectivity index (χ1v) is 8.24. The molecule has 1 aromatic rings. The maximum absolute atomic E-state index is 5.62. The second-order valence-corrected chi connectivity index (χ2v) is 6.02. The van der Waals surface area contributed by atoms with Gasteiger partial charge in [-0.25, -0.2) is 0 Å². The topological polar surface area (TPSA) is 62.0 Å². The molecule has 0 radical (unpaired) electrons. The van der Waals surface area contributed by atoms with Crippen LogP contribution in [0.15, 0.2) is 27.8 Å². The molecule has 0 amide bonds. The third-order valence-corrected chi connectivity index (χ3v) is 4.05. The van der Waals surface area contributed by atoms with Crippen molar-refractivity contribution in [1.82, 2.24) is 15.5 Å². The highest BCUT2D eigenvalue weighted by Crippen LogP contribution is 2.20. The predicted octanol–water partition coefficient (Wildman–Crippen LogP) is 2.25. The van der Waals surface area contributed by atoms with E-state index in [0.717, 1.165) is 31.4 Å². The molecule has 132 valence electrons. The standard InChI is InChI=1S/C17H32N4O2/c1-7-21(8-2)14(15-10-9-11-23-15)12-19-16(18-5)20-13-17(3,4)22-6/h9-11,14H,7-8,12-13H2,1-6H3,(H2,18,19,20). The molecule has 0 spiro atoms. The number of likely N-dealkylation sites (N-methyl/N-ethyl adjacent to an activating group) is 1. The summed E-state index contributed by atoms with van der Waals surface area (Å²) in [6, 6.07) is 4.13. The number of ether oxygens (including phenoxy) is 1. The van der Waals surface area contributed by atoms with E-state index in [4.69, 9.17) is 9.15 Å². The zero-order chi connectivity index (χ0) is 17.3. The molecular weight excluding hydrogens is 292 g/mol. The Hall–Kier alpha value is -1.53. The zero-order valence-electron chi connectivity index (χ0n) is 15.3. The largest absolute Gasteiger partial charge is 0.468 e. The summed E-state index contributed by atoms with van der Waals surface area (Å²) in [6.07, 6.45) is 1.72. The lowest BCUT2D eigenvalue weighted by molar-refractivity contribution is 0.0268. The Balaban J connectivity index is 2.66. The van der Waals surface area contributed by atoms with Crippen LogP contribution in [0.1, 0.15) is 39.5 Å². The molecule has 0 aromatic carbocycles. The Bertz CT molecular complexity index is 453. The number of methoxy groups -OCH3 is 1. The summed E-state index contributed by atoms with van der Waals surface area (Å²) in [5.41, 5.74) is -0.239. The van der Waals surface area contributed by atoms with Gasteiger partial charge in [0.2, 0.25) is 0 Å². The number of aliphatic imine (C=N–C) groups is 1. The van der Waals surface area contributed by atoms with Crippen LogP contribution in [0.25, 0.3) is 0 Å². The summed E-state index contributed by atoms with van der Waals surface area (Å²) >= 11 is 0. The van der Waals surface area contributed by atoms with Gasteiger partial charge in [-0.3, -0.25) is 9.89 Å². The molecule has 6 heteroatoms. The highest BCUT2D eigenvalue weighted by Gasteiger charge is 2.21. The fraction of sp³-hybridized carbons (Fsp3) is 0.706. The molecule has 0 aliphatic rings. The van der Waals surface area contributed by atoms with Gasteiger partial charge in [0.05, 0.1) is 17.9 Å². The second-order valence-electron chi connectivity index (χ2n) is 6.02. The van der Waals surface area contributed by atoms with E-state index in [-0.39, 0.29) is 11.6 Å². The number of hydrogen-bond acceptors (Lipinski definition) is 4. The van der Waals surface area contributed by atoms with Gasteiger partial charge >= 0.3 is 0 Å². The average Bonchev–Trinajstić information content (AvgIpc) is 3.08. The molecule has 23 heavy (non-hydrogen) atoms. The van der Waals surface area contributed by atoms with Gasteiger partial charge in [0.1, 0.15) is 5.76 Å². The van der Waals surface area contributed by atoms with Crippen LogP contribution in [0.3, 0.4) is 0 Å². The molecule has 1 atom stereocenters. The Kier molecular flexibility index (Phi) is 8.12. The molecule has 0 saturated heterocycles. The van der Waals surface area contributed by atoms with Gasteiger partial charge in [0.25, 0.3) is 0 Å². The van der Waals surface area contributed by atoms with Crippen molar-refractivity contribution in [2.45, 2.75) is 39.3 Å². The number of guanidine groups is 1. The molecule has 6 nitrogen and oxygen atoms in total. The SMILES string of the molecule is CCN(CC)C(CNC(=NC)NCC(C)(C)OC)c1ccco1. The van der Waals surface area contributed by atoms with Crippen molar-refractivity contribution in [3.8, 4) is 0 Å². The third-order valence-electron chi connectivity index (χ3n) is 4.05. The highest BCUT2D eigenvalue weighted by atomic mass is 16.5. The Morgan fingerprint density at radius 1 is 1.35 bits per heavy atom. The Morgan fingerprint density at radius 3 is 2.52 bits per heavy atom. The molecule has 0 fully saturated rings. The van der Waals surface area contributed by atoms with E-state index in [1.165, 1.54) is 0 Å². The monoisotopic (exact) mass is 324 g/mol. The van der Waals surface area contributed by atoms with Crippen LogP contribution in [0.5, 0.6) is 0 Å². The molecule has 1 rings (SSSR count). The maximum Gasteiger partial charge on any atom is 0.191 e. The normalized spacial score (nSPS) is 14.1. The fourth-order valence-electron chi connectivity index (χ4n) is 2.34. The van der Waals surface area contributed by atoms with Gasteiger partial charge in [0.15, 0.2) is 5.96 Å². The van der Waals surface area contributed by atoms with Crippen LogP contribution < -0.4 is 10.6 Å². The van der Waals surface area contributed by atoms with Crippen LogP contribution in [-0.4, -0.2) is 56.8 Å². The molecule has 1 aromatic heterocycles. The van der Waals surface area contributed by atoms with Crippen molar-refractivity contribution in [1.29, 1.82) is 0 Å². The Morgan fingerprint density at radius 2 is 2.04 bits per heavy atom. The molecule has 1 heterocycles. The summed E-state index contributed by atoms with van der Waals surface area (Å²) < 4.78 is 11.0. The van der Waals surface area contributed by atoms with E-state index >= 15 is 0 Å². The van der Waals surface area contributed by atoms with E-state index in [2.05, 4.69) is 34.4 Å². The first-order valence-electron chi connectivity index (χ1n) is 8.24. The van der Waals surface area contributed by atoms with Gasteiger partial charge in [-0.15, -0.1) is 0 Å². The van der Waals surface area contributed by atoms with Gasteiger partial charge in [-0.05, 0) is 39.1 Å². The van der Waals surface area contributed by atoms with Gasteiger partial charge in [-0.2, -0.15) is 0 Å². The summed E-state index contributed by atoms with van der Waals surface area (Å²) in [6.45, 7) is 11.7. The number of furan rings is 1. The lowest BCUT2D eigenvalue weighted by atomic mass is 10.1. The number of rotatable bonds is 9. The van der Waals surface area contributed by atoms with Crippen molar-refractivity contribution in [3.63, 3.8) is 0 Å². The quantitative estimate of drug-likeness (QED) is 0.539. The lowest BCUT2D eigenvalue weighted by Gasteiger charge is -2.29. The summed E-state index contributed by atoms with van der Waals surface area (Å²) in [5.74, 6) is 1.73. The average molecular weight is 324 g/mol. The second kappa shape index (κ2) is 9.57. The highest BCUT2D eigenvalue weighted by molar-refractivity contribution is 5.79. The molecule has 0 bridgehead atoms. The van der Waals surface area contributed by atoms with Crippen LogP contribution in [0, 0.1) is 0 Å². The van der Waals surface area contributed by atoms with Crippen molar-refractivity contribution < 1.29 is 9.15 Å². The van der Waals surface area contributed by atoms with Gasteiger partial charge in [0, 0.05) is 27.2 Å². The molecular formula is C17H32N4O2. The first kappa shape index (κ1) is 19.5. The molecule has 2 N–H and O–H groups in total. The summed E-state index contributed by atoms with van der Waals surface area (Å²) in [7, 11) is 3.49. The third kappa shape index (κ3) is 6.23. The molecule has 1 unspecified atom stereocenters. The van der Waals surface area contributed by atoms with Crippen molar-refractivity contribution in [3.05, 3.63) is 24.2 Å². The summed E-state index contributed by atoms with van der Waals surface area (Å²) in [4.78, 5) is 6.64. The predicted molar refractivity (Wildman–Crippen MR) is 94.8 cm³/mol. The van der Waals surface area contributed by atoms with Crippen molar-refractivity contribution >= 4 is 5.96 Å². The number of nitrogens with zero attached hydrogens (tertiary/aromatic N) is 2. The summed E-state index contributed by atoms with van der Waals surface area (Å²) in [5, 5.41) is 6.69. The van der Waals surface area contributed by atoms with Crippen molar-refractivity contribution in [2.75, 3.05) is 40.3 Å². The smallest absolute Gasteiger partial charge is 0.191 e. The fourth-order valence-corrected chi connectivity index (χ4v) is 2.34. The molecule has 0 saturated carbocycles. The first-order chi connectivity index (χ1) is 11.0. The van der Waals surface area contributed by atoms with Crippen LogP contribution in [0.2, 0.25) is 0 Å². The van der Waals surface area contributed by atoms with Gasteiger partial charge in [-0.1, -0.05) is 13.8 Å². The van der Waals surface area contributed by atoms with Gasteiger partial charge < -0.3 is 19.8 Å². The molecule has 0 aliphatic carbocycles. The van der Waals surface area contributed by atoms with E-state index in [1.54, 1.807) is 20.4 Å². The van der Waals surface area contributed by atoms with E-state index < -0.39 is 0 Å². The lowest BCUT2D eigenvalue weighted by Crippen LogP contribution is -2.47. The number of nitrogens with one attached hydrogen (secondary N) is 2. The minimum atomic E-state index is -0.239. The Labute approximate surface area is 140 Å². The minimum absolute atomic E-state index is 0.175. The van der Waals surface area contributed by atoms with Crippen LogP contribution in [0.4, 0.5) is 0 Å². The zero-order valence-corrected chi connectivity index (χ0v) is 15.3. The maximum atomic E-state index is 5.62. The van der Waals surface area contributed by atoms with Crippen molar-refractivity contribution in [2.24, 2.45) is 4.99 Å². The van der Waals surface area contributed by atoms with E-state index in [1.807, 2.05) is 26.0 Å². The van der Waals surface area contributed by atoms with E-state index in [9.17, 15) is 0 Å². The van der Waals surface area contributed by atoms with Crippen LogP contribution in [-0.2, 0) is 4.74 Å². The number of hydrogen-bond donors (Lipinski definition) is 2. The molecule has 0 aliphatic heterocycles.